The van der Waals surface area contributed by atoms with Crippen LogP contribution >= 0.6 is 0 Å². The summed E-state index contributed by atoms with van der Waals surface area (Å²) in [6, 6.07) is 28.9. The zero-order valence-electron chi connectivity index (χ0n) is 21.0. The van der Waals surface area contributed by atoms with E-state index in [1.54, 1.807) is 6.92 Å². The van der Waals surface area contributed by atoms with Crippen molar-refractivity contribution in [2.24, 2.45) is 15.7 Å². The normalized spacial score (nSPS) is 15.3. The summed E-state index contributed by atoms with van der Waals surface area (Å²) in [5, 5.41) is 11.7. The summed E-state index contributed by atoms with van der Waals surface area (Å²) in [4.78, 5) is 25.8. The number of nitrogens with one attached hydrogen (secondary N) is 1. The standard InChI is InChI=1S/C31H23N5O3/c1-2-38-31(37)25-23(18-11-5-3-6-12-18)24-26(19-13-7-4-8-14-19)36-27(28(24)39-29(25)33)20(17-32)30-34-21-15-9-10-16-22(21)35-30/h3-16,23,36H,2,33H2,1H3. The second-order valence-corrected chi connectivity index (χ2v) is 8.95. The number of benzene rings is 3. The Morgan fingerprint density at radius 3 is 2.23 bits per heavy atom. The first kappa shape index (κ1) is 23.9. The zero-order chi connectivity index (χ0) is 26.9. The Kier molecular flexibility index (Phi) is 6.02. The monoisotopic (exact) mass is 513 g/mol. The number of hydrogen-bond donors (Lipinski definition) is 2. The first-order valence-electron chi connectivity index (χ1n) is 12.5. The number of allylic oxidation sites excluding steroid dienone is 1. The number of para-hydroxylation sites is 2. The minimum atomic E-state index is -0.617. The molecule has 0 radical (unpaired) electrons. The van der Waals surface area contributed by atoms with Gasteiger partial charge in [0.15, 0.2) is 11.6 Å². The Balaban J connectivity index is 1.66. The van der Waals surface area contributed by atoms with E-state index in [4.69, 9.17) is 15.2 Å². The Bertz CT molecular complexity index is 1790. The van der Waals surface area contributed by atoms with Crippen molar-refractivity contribution in [3.05, 3.63) is 130 Å². The van der Waals surface area contributed by atoms with E-state index in [0.29, 0.717) is 33.4 Å². The minimum absolute atomic E-state index is 0.0828. The number of carbonyl (C=O) groups is 1. The smallest absolute Gasteiger partial charge is 0.340 e. The van der Waals surface area contributed by atoms with Crippen LogP contribution in [0.2, 0.25) is 0 Å². The molecule has 0 saturated heterocycles. The van der Waals surface area contributed by atoms with Crippen LogP contribution in [0.25, 0.3) is 16.8 Å². The topological polar surface area (TPSA) is 126 Å². The average molecular weight is 514 g/mol. The van der Waals surface area contributed by atoms with Gasteiger partial charge in [-0.25, -0.2) is 14.8 Å². The molecular weight excluding hydrogens is 490 g/mol. The molecule has 1 atom stereocenters. The number of nitrogens with zero attached hydrogens (tertiary/aromatic N) is 3. The fourth-order valence-corrected chi connectivity index (χ4v) is 4.98. The molecule has 39 heavy (non-hydrogen) atoms. The number of nitriles is 1. The molecule has 3 aromatic carbocycles. The fraction of sp³-hybridized carbons (Fsp3) is 0.0968. The molecule has 8 heteroatoms. The zero-order valence-corrected chi connectivity index (χ0v) is 21.0. The Labute approximate surface area is 224 Å². The number of esters is 1. The van der Waals surface area contributed by atoms with E-state index in [1.165, 1.54) is 0 Å². The van der Waals surface area contributed by atoms with E-state index >= 15 is 0 Å². The summed E-state index contributed by atoms with van der Waals surface area (Å²) in [6.07, 6.45) is 0. The number of aromatic nitrogens is 1. The largest absolute Gasteiger partial charge is 0.462 e. The summed E-state index contributed by atoms with van der Waals surface area (Å²) < 4.78 is 11.6. The van der Waals surface area contributed by atoms with Crippen LogP contribution in [-0.2, 0) is 9.53 Å². The van der Waals surface area contributed by atoms with Gasteiger partial charge in [-0.3, -0.25) is 0 Å². The van der Waals surface area contributed by atoms with Crippen molar-refractivity contribution in [1.82, 2.24) is 4.98 Å². The van der Waals surface area contributed by atoms with E-state index in [9.17, 15) is 10.1 Å². The third-order valence-corrected chi connectivity index (χ3v) is 6.66. The van der Waals surface area contributed by atoms with Gasteiger partial charge in [0.1, 0.15) is 22.9 Å². The lowest BCUT2D eigenvalue weighted by atomic mass is 9.81. The van der Waals surface area contributed by atoms with Crippen molar-refractivity contribution in [3.63, 3.8) is 0 Å². The van der Waals surface area contributed by atoms with Crippen molar-refractivity contribution in [1.29, 1.82) is 5.26 Å². The fourth-order valence-electron chi connectivity index (χ4n) is 4.98. The highest BCUT2D eigenvalue weighted by molar-refractivity contribution is 5.95. The summed E-state index contributed by atoms with van der Waals surface area (Å²) in [7, 11) is 0. The number of carbonyl (C=O) groups excluding carboxylic acids is 1. The number of rotatable bonds is 5. The molecule has 1 unspecified atom stereocenters. The highest BCUT2D eigenvalue weighted by atomic mass is 16.5. The van der Waals surface area contributed by atoms with Crippen LogP contribution in [-0.4, -0.2) is 17.6 Å². The van der Waals surface area contributed by atoms with Gasteiger partial charge in [-0.05, 0) is 30.2 Å². The highest BCUT2D eigenvalue weighted by Gasteiger charge is 2.41. The summed E-state index contributed by atoms with van der Waals surface area (Å²) in [5.41, 5.74) is 10.2. The van der Waals surface area contributed by atoms with Crippen LogP contribution in [0, 0.1) is 11.3 Å². The van der Waals surface area contributed by atoms with Crippen LogP contribution in [0.1, 0.15) is 29.7 Å². The van der Waals surface area contributed by atoms with Crippen LogP contribution in [0.5, 0.6) is 5.75 Å². The SMILES string of the molecule is CCOC(=O)C1=C(N)Oc2c(C(C#N)=C3N=c4ccccc4=N3)[nH]c(-c3ccccc3)c2C1c1ccccc1. The number of ether oxygens (including phenoxy) is 2. The van der Waals surface area contributed by atoms with E-state index in [-0.39, 0.29) is 29.5 Å². The maximum Gasteiger partial charge on any atom is 0.340 e. The average Bonchev–Trinajstić information content (AvgIpc) is 3.56. The first-order valence-corrected chi connectivity index (χ1v) is 12.5. The second kappa shape index (κ2) is 9.80. The van der Waals surface area contributed by atoms with Crippen LogP contribution in [0.15, 0.2) is 112 Å². The lowest BCUT2D eigenvalue weighted by Crippen LogP contribution is -2.27. The molecule has 0 aliphatic carbocycles. The molecule has 0 spiro atoms. The Morgan fingerprint density at radius 2 is 1.62 bits per heavy atom. The predicted octanol–water partition coefficient (Wildman–Crippen LogP) is 4.08. The number of H-pyrrole nitrogens is 1. The maximum absolute atomic E-state index is 13.2. The van der Waals surface area contributed by atoms with Gasteiger partial charge < -0.3 is 20.2 Å². The van der Waals surface area contributed by atoms with Gasteiger partial charge in [-0.15, -0.1) is 0 Å². The van der Waals surface area contributed by atoms with Crippen molar-refractivity contribution >= 4 is 11.5 Å². The van der Waals surface area contributed by atoms with Crippen LogP contribution < -0.4 is 21.2 Å². The molecule has 2 aliphatic heterocycles. The summed E-state index contributed by atoms with van der Waals surface area (Å²) in [6.45, 7) is 1.92. The number of fused-ring (bicyclic) bond motifs is 2. The first-order chi connectivity index (χ1) is 19.1. The summed E-state index contributed by atoms with van der Waals surface area (Å²) >= 11 is 0. The van der Waals surface area contributed by atoms with Gasteiger partial charge >= 0.3 is 5.97 Å². The quantitative estimate of drug-likeness (QED) is 0.307. The van der Waals surface area contributed by atoms with Crippen molar-refractivity contribution in [2.45, 2.75) is 12.8 Å². The van der Waals surface area contributed by atoms with Gasteiger partial charge in [-0.2, -0.15) is 5.26 Å². The molecule has 1 aromatic heterocycles. The van der Waals surface area contributed by atoms with Crippen LogP contribution in [0.4, 0.5) is 0 Å². The molecule has 0 bridgehead atoms. The summed E-state index contributed by atoms with van der Waals surface area (Å²) in [5.74, 6) is -0.652. The minimum Gasteiger partial charge on any atom is -0.462 e. The molecule has 8 nitrogen and oxygen atoms in total. The number of nitrogens with two attached hydrogens (primary N) is 1. The van der Waals surface area contributed by atoms with Crippen molar-refractivity contribution in [2.75, 3.05) is 6.61 Å². The van der Waals surface area contributed by atoms with Gasteiger partial charge in [0.05, 0.1) is 28.9 Å². The second-order valence-electron chi connectivity index (χ2n) is 8.95. The Morgan fingerprint density at radius 1 is 1.00 bits per heavy atom. The van der Waals surface area contributed by atoms with Crippen molar-refractivity contribution < 1.29 is 14.3 Å². The maximum atomic E-state index is 13.2. The molecule has 4 aromatic rings. The highest BCUT2D eigenvalue weighted by Crippen LogP contribution is 2.50. The van der Waals surface area contributed by atoms with E-state index < -0.39 is 11.9 Å². The molecule has 190 valence electrons. The third-order valence-electron chi connectivity index (χ3n) is 6.66. The predicted molar refractivity (Wildman–Crippen MR) is 144 cm³/mol. The number of aromatic amines is 1. The van der Waals surface area contributed by atoms with Crippen molar-refractivity contribution in [3.8, 4) is 23.1 Å². The molecule has 0 saturated carbocycles. The lowest BCUT2D eigenvalue weighted by molar-refractivity contribution is -0.139. The molecule has 0 amide bonds. The van der Waals surface area contributed by atoms with Gasteiger partial charge in [0.2, 0.25) is 5.88 Å². The third kappa shape index (κ3) is 4.06. The number of hydrogen-bond acceptors (Lipinski definition) is 7. The van der Waals surface area contributed by atoms with Gasteiger partial charge in [0.25, 0.3) is 0 Å². The van der Waals surface area contributed by atoms with Gasteiger partial charge in [0, 0.05) is 5.56 Å². The Hall–Kier alpha value is -5.42. The van der Waals surface area contributed by atoms with E-state index in [1.807, 2.05) is 84.9 Å². The van der Waals surface area contributed by atoms with E-state index in [0.717, 1.165) is 11.1 Å². The van der Waals surface area contributed by atoms with Crippen LogP contribution in [0.3, 0.4) is 0 Å². The molecule has 6 rings (SSSR count). The molecule has 2 aliphatic rings. The molecule has 3 heterocycles. The lowest BCUT2D eigenvalue weighted by Gasteiger charge is -2.28. The molecule has 3 N–H and O–H groups in total. The molecular formula is C31H23N5O3. The van der Waals surface area contributed by atoms with Gasteiger partial charge in [-0.1, -0.05) is 72.8 Å². The molecule has 0 fully saturated rings. The van der Waals surface area contributed by atoms with E-state index in [2.05, 4.69) is 21.0 Å².